The summed E-state index contributed by atoms with van der Waals surface area (Å²) in [6, 6.07) is 0. The first-order valence-electron chi connectivity index (χ1n) is 6.74. The fraction of sp³-hybridized carbons (Fsp3) is 0.923. The monoisotopic (exact) mass is 241 g/mol. The molecule has 0 radical (unpaired) electrons. The molecule has 0 aromatic carbocycles. The molecule has 2 unspecified atom stereocenters. The Kier molecular flexibility index (Phi) is 4.95. The van der Waals surface area contributed by atoms with E-state index in [-0.39, 0.29) is 5.92 Å². The second kappa shape index (κ2) is 6.47. The summed E-state index contributed by atoms with van der Waals surface area (Å²) in [5, 5.41) is 0. The fourth-order valence-corrected chi connectivity index (χ4v) is 2.52. The smallest absolute Gasteiger partial charge is 0.152 e. The molecule has 2 heterocycles. The van der Waals surface area contributed by atoms with E-state index in [9.17, 15) is 4.79 Å². The zero-order valence-corrected chi connectivity index (χ0v) is 10.7. The molecule has 2 fully saturated rings. The molecule has 17 heavy (non-hydrogen) atoms. The molecular formula is C13H23NO3. The predicted octanol–water partition coefficient (Wildman–Crippen LogP) is 1.09. The van der Waals surface area contributed by atoms with Gasteiger partial charge in [0.15, 0.2) is 5.78 Å². The van der Waals surface area contributed by atoms with E-state index in [1.54, 1.807) is 0 Å². The largest absolute Gasteiger partial charge is 0.381 e. The molecule has 0 aromatic rings. The summed E-state index contributed by atoms with van der Waals surface area (Å²) in [6.07, 6.45) is 3.53. The van der Waals surface area contributed by atoms with Crippen LogP contribution < -0.4 is 0 Å². The Morgan fingerprint density at radius 1 is 1.35 bits per heavy atom. The van der Waals surface area contributed by atoms with E-state index in [0.717, 1.165) is 45.6 Å². The van der Waals surface area contributed by atoms with Crippen LogP contribution in [0, 0.1) is 5.92 Å². The Morgan fingerprint density at radius 2 is 2.24 bits per heavy atom. The van der Waals surface area contributed by atoms with Crippen molar-refractivity contribution in [3.05, 3.63) is 0 Å². The first-order chi connectivity index (χ1) is 8.29. The van der Waals surface area contributed by atoms with E-state index in [2.05, 4.69) is 11.8 Å². The molecule has 2 saturated heterocycles. The van der Waals surface area contributed by atoms with Crippen LogP contribution in [0.15, 0.2) is 0 Å². The van der Waals surface area contributed by atoms with Gasteiger partial charge in [0.05, 0.1) is 19.3 Å². The number of likely N-dealkylation sites (N-methyl/N-ethyl adjacent to an activating group) is 1. The summed E-state index contributed by atoms with van der Waals surface area (Å²) in [7, 11) is 0. The van der Waals surface area contributed by atoms with Crippen molar-refractivity contribution < 1.29 is 14.3 Å². The lowest BCUT2D eigenvalue weighted by Crippen LogP contribution is -2.38. The van der Waals surface area contributed by atoms with Crippen LogP contribution in [0.1, 0.15) is 26.2 Å². The van der Waals surface area contributed by atoms with Gasteiger partial charge < -0.3 is 9.47 Å². The summed E-state index contributed by atoms with van der Waals surface area (Å²) >= 11 is 0. The highest BCUT2D eigenvalue weighted by Crippen LogP contribution is 2.16. The number of ketones is 1. The van der Waals surface area contributed by atoms with Crippen LogP contribution in [0.4, 0.5) is 0 Å². The van der Waals surface area contributed by atoms with E-state index in [1.807, 2.05) is 0 Å². The van der Waals surface area contributed by atoms with E-state index in [4.69, 9.17) is 9.47 Å². The first kappa shape index (κ1) is 13.0. The van der Waals surface area contributed by atoms with Gasteiger partial charge in [-0.2, -0.15) is 0 Å². The van der Waals surface area contributed by atoms with E-state index >= 15 is 0 Å². The van der Waals surface area contributed by atoms with Crippen molar-refractivity contribution in [2.75, 3.05) is 39.5 Å². The average Bonchev–Trinajstić information content (AvgIpc) is 3.00. The van der Waals surface area contributed by atoms with E-state index in [0.29, 0.717) is 25.0 Å². The maximum Gasteiger partial charge on any atom is 0.152 e. The van der Waals surface area contributed by atoms with Crippen molar-refractivity contribution in [1.82, 2.24) is 4.90 Å². The van der Waals surface area contributed by atoms with Gasteiger partial charge in [0, 0.05) is 25.7 Å². The Balaban J connectivity index is 1.75. The topological polar surface area (TPSA) is 38.8 Å². The van der Waals surface area contributed by atoms with Gasteiger partial charge in [0.2, 0.25) is 0 Å². The summed E-state index contributed by atoms with van der Waals surface area (Å²) in [5.74, 6) is 0.468. The SMILES string of the molecule is CCN(CC(=O)C1CCOC1)CC1CCCO1. The Labute approximate surface area is 103 Å². The normalized spacial score (nSPS) is 29.1. The standard InChI is InChI=1S/C13H23NO3/c1-2-14(8-12-4-3-6-17-12)9-13(15)11-5-7-16-10-11/h11-12H,2-10H2,1H3. The van der Waals surface area contributed by atoms with Crippen LogP contribution in [0.25, 0.3) is 0 Å². The number of hydrogen-bond donors (Lipinski definition) is 0. The summed E-state index contributed by atoms with van der Waals surface area (Å²) < 4.78 is 10.9. The Morgan fingerprint density at radius 3 is 2.82 bits per heavy atom. The number of ether oxygens (including phenoxy) is 2. The lowest BCUT2D eigenvalue weighted by atomic mass is 10.0. The van der Waals surface area contributed by atoms with Crippen LogP contribution in [0.2, 0.25) is 0 Å². The van der Waals surface area contributed by atoms with Crippen molar-refractivity contribution in [1.29, 1.82) is 0 Å². The van der Waals surface area contributed by atoms with Gasteiger partial charge in [0.1, 0.15) is 0 Å². The molecular weight excluding hydrogens is 218 g/mol. The molecule has 2 atom stereocenters. The summed E-state index contributed by atoms with van der Waals surface area (Å²) in [6.45, 7) is 6.73. The number of hydrogen-bond acceptors (Lipinski definition) is 4. The second-order valence-corrected chi connectivity index (χ2v) is 4.99. The minimum absolute atomic E-state index is 0.133. The van der Waals surface area contributed by atoms with Gasteiger partial charge in [0.25, 0.3) is 0 Å². The number of carbonyl (C=O) groups is 1. The van der Waals surface area contributed by atoms with Crippen LogP contribution in [0.3, 0.4) is 0 Å². The molecule has 2 rings (SSSR count). The molecule has 0 saturated carbocycles. The third-order valence-electron chi connectivity index (χ3n) is 3.70. The van der Waals surface area contributed by atoms with Crippen LogP contribution >= 0.6 is 0 Å². The zero-order chi connectivity index (χ0) is 12.1. The molecule has 0 spiro atoms. The molecule has 0 bridgehead atoms. The molecule has 0 N–H and O–H groups in total. The molecule has 2 aliphatic heterocycles. The number of Topliss-reactive ketones (excluding diaryl/α,β-unsaturated/α-hetero) is 1. The third-order valence-corrected chi connectivity index (χ3v) is 3.70. The van der Waals surface area contributed by atoms with Crippen molar-refractivity contribution in [2.45, 2.75) is 32.3 Å². The van der Waals surface area contributed by atoms with E-state index < -0.39 is 0 Å². The highest BCUT2D eigenvalue weighted by Gasteiger charge is 2.26. The Hall–Kier alpha value is -0.450. The van der Waals surface area contributed by atoms with Gasteiger partial charge in [-0.1, -0.05) is 6.92 Å². The maximum absolute atomic E-state index is 12.0. The number of rotatable bonds is 6. The molecule has 0 amide bonds. The lowest BCUT2D eigenvalue weighted by Gasteiger charge is -2.23. The van der Waals surface area contributed by atoms with Crippen molar-refractivity contribution in [3.8, 4) is 0 Å². The van der Waals surface area contributed by atoms with Crippen LogP contribution in [-0.4, -0.2) is 56.2 Å². The predicted molar refractivity (Wildman–Crippen MR) is 65.0 cm³/mol. The molecule has 2 aliphatic rings. The molecule has 4 nitrogen and oxygen atoms in total. The van der Waals surface area contributed by atoms with Gasteiger partial charge in [-0.25, -0.2) is 0 Å². The van der Waals surface area contributed by atoms with Gasteiger partial charge >= 0.3 is 0 Å². The maximum atomic E-state index is 12.0. The highest BCUT2D eigenvalue weighted by atomic mass is 16.5. The van der Waals surface area contributed by atoms with Gasteiger partial charge in [-0.15, -0.1) is 0 Å². The molecule has 0 aromatic heterocycles. The summed E-state index contributed by atoms with van der Waals surface area (Å²) in [4.78, 5) is 14.2. The van der Waals surface area contributed by atoms with Gasteiger partial charge in [-0.3, -0.25) is 9.69 Å². The fourth-order valence-electron chi connectivity index (χ4n) is 2.52. The quantitative estimate of drug-likeness (QED) is 0.698. The second-order valence-electron chi connectivity index (χ2n) is 4.99. The van der Waals surface area contributed by atoms with Crippen molar-refractivity contribution in [2.24, 2.45) is 5.92 Å². The van der Waals surface area contributed by atoms with Gasteiger partial charge in [-0.05, 0) is 25.8 Å². The summed E-state index contributed by atoms with van der Waals surface area (Å²) in [5.41, 5.74) is 0. The number of nitrogens with zero attached hydrogens (tertiary/aromatic N) is 1. The van der Waals surface area contributed by atoms with E-state index in [1.165, 1.54) is 0 Å². The zero-order valence-electron chi connectivity index (χ0n) is 10.7. The van der Waals surface area contributed by atoms with Crippen LogP contribution in [-0.2, 0) is 14.3 Å². The molecule has 4 heteroatoms. The lowest BCUT2D eigenvalue weighted by molar-refractivity contribution is -0.124. The Bertz CT molecular complexity index is 245. The van der Waals surface area contributed by atoms with Crippen LogP contribution in [0.5, 0.6) is 0 Å². The average molecular weight is 241 g/mol. The number of carbonyl (C=O) groups excluding carboxylic acids is 1. The molecule has 0 aliphatic carbocycles. The van der Waals surface area contributed by atoms with Crippen molar-refractivity contribution in [3.63, 3.8) is 0 Å². The highest BCUT2D eigenvalue weighted by molar-refractivity contribution is 5.83. The third kappa shape index (κ3) is 3.76. The molecule has 98 valence electrons. The first-order valence-corrected chi connectivity index (χ1v) is 6.74. The minimum atomic E-state index is 0.133. The minimum Gasteiger partial charge on any atom is -0.381 e. The van der Waals surface area contributed by atoms with Crippen molar-refractivity contribution >= 4 is 5.78 Å².